The van der Waals surface area contributed by atoms with Crippen LogP contribution in [0.3, 0.4) is 0 Å². The van der Waals surface area contributed by atoms with Gasteiger partial charge in [-0.15, -0.1) is 0 Å². The summed E-state index contributed by atoms with van der Waals surface area (Å²) in [5.74, 6) is 0. The molecule has 0 heterocycles. The maximum Gasteiger partial charge on any atom is 0.673 e. The van der Waals surface area contributed by atoms with Crippen LogP contribution in [0.15, 0.2) is 24.3 Å². The number of hydrogen-bond acceptors (Lipinski definition) is 0. The van der Waals surface area contributed by atoms with Gasteiger partial charge >= 0.3 is 21.8 Å². The van der Waals surface area contributed by atoms with E-state index in [1.807, 2.05) is 31.2 Å². The van der Waals surface area contributed by atoms with Crippen LogP contribution in [-0.2, 0) is 0 Å². The first kappa shape index (κ1) is 26.7. The molecule has 0 radical (unpaired) electrons. The third kappa shape index (κ3) is 76.3. The molecule has 0 nitrogen and oxygen atoms in total. The van der Waals surface area contributed by atoms with Gasteiger partial charge in [0.2, 0.25) is 0 Å². The Bertz CT molecular complexity index is 347. The quantitative estimate of drug-likeness (QED) is 0.350. The van der Waals surface area contributed by atoms with Crippen LogP contribution in [0.1, 0.15) is 5.56 Å². The molecule has 0 saturated heterocycles. The molecule has 0 bridgehead atoms. The molecule has 0 unspecified atom stereocenters. The Balaban J connectivity index is -0.000000240. The standard InChI is InChI=1S/C7H7Cl.3BF4/c1-6-4-2-3-5-7(6)8;3*2-1(3,4)5/h2-5H,1H3;;;/q;3*-1. The summed E-state index contributed by atoms with van der Waals surface area (Å²) in [7, 11) is -18.0. The molecule has 0 saturated carbocycles. The number of rotatable bonds is 0. The fourth-order valence-corrected chi connectivity index (χ4v) is 0.687. The predicted molar refractivity (Wildman–Crippen MR) is 66.7 cm³/mol. The SMILES string of the molecule is Cc1ccccc1Cl.F[B-](F)(F)F.F[B-](F)(F)F.F[B-](F)(F)F. The van der Waals surface area contributed by atoms with Crippen molar-refractivity contribution in [2.45, 2.75) is 6.92 Å². The monoisotopic (exact) mass is 387 g/mol. The molecule has 138 valence electrons. The lowest BCUT2D eigenvalue weighted by Gasteiger charge is -1.94. The first-order valence-electron chi connectivity index (χ1n) is 5.13. The molecule has 0 N–H and O–H groups in total. The van der Waals surface area contributed by atoms with Crippen molar-refractivity contribution >= 4 is 33.4 Å². The molecule has 0 spiro atoms. The average Bonchev–Trinajstić information content (AvgIpc) is 2.14. The second-order valence-corrected chi connectivity index (χ2v) is 3.64. The molecule has 0 amide bonds. The number of hydrogen-bond donors (Lipinski definition) is 0. The van der Waals surface area contributed by atoms with Crippen LogP contribution >= 0.6 is 11.6 Å². The fourth-order valence-electron chi connectivity index (χ4n) is 0.551. The summed E-state index contributed by atoms with van der Waals surface area (Å²) in [6, 6.07) is 7.77. The maximum absolute atomic E-state index is 9.75. The number of halogens is 13. The van der Waals surface area contributed by atoms with Crippen LogP contribution in [0.4, 0.5) is 51.8 Å². The van der Waals surface area contributed by atoms with E-state index in [1.54, 1.807) is 0 Å². The van der Waals surface area contributed by atoms with Crippen LogP contribution in [-0.4, -0.2) is 21.8 Å². The molecule has 1 rings (SSSR count). The van der Waals surface area contributed by atoms with Gasteiger partial charge in [-0.2, -0.15) is 0 Å². The van der Waals surface area contributed by atoms with E-state index in [1.165, 1.54) is 0 Å². The Morgan fingerprint density at radius 3 is 0.957 bits per heavy atom. The van der Waals surface area contributed by atoms with Crippen molar-refractivity contribution < 1.29 is 51.8 Å². The molecular formula is C7H7B3ClF12-3. The van der Waals surface area contributed by atoms with Crippen molar-refractivity contribution in [2.24, 2.45) is 0 Å². The molecule has 0 aliphatic carbocycles. The zero-order valence-electron chi connectivity index (χ0n) is 11.0. The molecule has 23 heavy (non-hydrogen) atoms. The van der Waals surface area contributed by atoms with Gasteiger partial charge in [0.1, 0.15) is 0 Å². The molecule has 16 heteroatoms. The van der Waals surface area contributed by atoms with E-state index in [0.29, 0.717) is 0 Å². The van der Waals surface area contributed by atoms with Crippen molar-refractivity contribution in [3.8, 4) is 0 Å². The number of aryl methyl sites for hydroxylation is 1. The summed E-state index contributed by atoms with van der Waals surface area (Å²) in [4.78, 5) is 0. The van der Waals surface area contributed by atoms with Gasteiger partial charge in [0.05, 0.1) is 0 Å². The van der Waals surface area contributed by atoms with Crippen molar-refractivity contribution in [2.75, 3.05) is 0 Å². The van der Waals surface area contributed by atoms with Gasteiger partial charge in [-0.25, -0.2) is 0 Å². The van der Waals surface area contributed by atoms with E-state index in [0.717, 1.165) is 10.6 Å². The Kier molecular flexibility index (Phi) is 13.3. The molecule has 1 aromatic carbocycles. The first-order chi connectivity index (χ1) is 9.80. The molecule has 1 aromatic rings. The fraction of sp³-hybridized carbons (Fsp3) is 0.143. The highest BCUT2D eigenvalue weighted by Gasteiger charge is 2.21. The van der Waals surface area contributed by atoms with E-state index in [-0.39, 0.29) is 0 Å². The lowest BCUT2D eigenvalue weighted by molar-refractivity contribution is 0.366. The van der Waals surface area contributed by atoms with Crippen molar-refractivity contribution in [3.63, 3.8) is 0 Å². The van der Waals surface area contributed by atoms with Gasteiger partial charge in [0.15, 0.2) is 0 Å². The number of benzene rings is 1. The van der Waals surface area contributed by atoms with Gasteiger partial charge in [0, 0.05) is 5.02 Å². The normalized spacial score (nSPS) is 11.0. The maximum atomic E-state index is 9.75. The minimum Gasteiger partial charge on any atom is -0.418 e. The van der Waals surface area contributed by atoms with Crippen LogP contribution in [0.5, 0.6) is 0 Å². The largest absolute Gasteiger partial charge is 0.673 e. The van der Waals surface area contributed by atoms with Gasteiger partial charge < -0.3 is 51.8 Å². The van der Waals surface area contributed by atoms with Gasteiger partial charge in [-0.05, 0) is 18.6 Å². The van der Waals surface area contributed by atoms with Crippen LogP contribution in [0, 0.1) is 6.92 Å². The van der Waals surface area contributed by atoms with E-state index in [9.17, 15) is 51.8 Å². The van der Waals surface area contributed by atoms with E-state index in [4.69, 9.17) is 11.6 Å². The van der Waals surface area contributed by atoms with Crippen LogP contribution in [0.25, 0.3) is 0 Å². The third-order valence-corrected chi connectivity index (χ3v) is 1.50. The summed E-state index contributed by atoms with van der Waals surface area (Å²) in [5.41, 5.74) is 1.13. The Morgan fingerprint density at radius 2 is 0.826 bits per heavy atom. The lowest BCUT2D eigenvalue weighted by atomic mass is 10.2. The summed E-state index contributed by atoms with van der Waals surface area (Å²) >= 11 is 5.71. The van der Waals surface area contributed by atoms with Crippen molar-refractivity contribution in [3.05, 3.63) is 34.9 Å². The van der Waals surface area contributed by atoms with Gasteiger partial charge in [-0.1, -0.05) is 29.8 Å². The van der Waals surface area contributed by atoms with Crippen molar-refractivity contribution in [1.29, 1.82) is 0 Å². The Morgan fingerprint density at radius 1 is 0.609 bits per heavy atom. The summed E-state index contributed by atoms with van der Waals surface area (Å²) in [6.07, 6.45) is 0. The molecule has 0 aromatic heterocycles. The third-order valence-electron chi connectivity index (χ3n) is 1.08. The summed E-state index contributed by atoms with van der Waals surface area (Å²) < 4.78 is 117. The average molecular weight is 387 g/mol. The highest BCUT2D eigenvalue weighted by molar-refractivity contribution is 6.50. The minimum atomic E-state index is -6.00. The molecule has 0 aliphatic rings. The van der Waals surface area contributed by atoms with Gasteiger partial charge in [-0.3, -0.25) is 0 Å². The summed E-state index contributed by atoms with van der Waals surface area (Å²) in [5, 5.41) is 0.840. The lowest BCUT2D eigenvalue weighted by Crippen LogP contribution is -2.02. The first-order valence-corrected chi connectivity index (χ1v) is 5.51. The van der Waals surface area contributed by atoms with E-state index in [2.05, 4.69) is 0 Å². The van der Waals surface area contributed by atoms with Crippen LogP contribution < -0.4 is 0 Å². The molecule has 0 fully saturated rings. The Hall–Kier alpha value is -1.14. The minimum absolute atomic E-state index is 0.840. The molecule has 0 atom stereocenters. The van der Waals surface area contributed by atoms with E-state index < -0.39 is 21.8 Å². The second-order valence-electron chi connectivity index (χ2n) is 3.23. The zero-order valence-corrected chi connectivity index (χ0v) is 11.7. The highest BCUT2D eigenvalue weighted by Crippen LogP contribution is 2.12. The molecule has 0 aliphatic heterocycles. The smallest absolute Gasteiger partial charge is 0.418 e. The second kappa shape index (κ2) is 11.4. The molecular weight excluding hydrogens is 380 g/mol. The Labute approximate surface area is 128 Å². The van der Waals surface area contributed by atoms with Crippen LogP contribution in [0.2, 0.25) is 5.02 Å². The summed E-state index contributed by atoms with van der Waals surface area (Å²) in [6.45, 7) is 1.99. The topological polar surface area (TPSA) is 0 Å². The van der Waals surface area contributed by atoms with E-state index >= 15 is 0 Å². The highest BCUT2D eigenvalue weighted by atomic mass is 35.5. The van der Waals surface area contributed by atoms with Gasteiger partial charge in [0.25, 0.3) is 0 Å². The zero-order chi connectivity index (χ0) is 19.5. The predicted octanol–water partition coefficient (Wildman–Crippen LogP) is 6.55. The van der Waals surface area contributed by atoms with Crippen molar-refractivity contribution in [1.82, 2.24) is 0 Å².